The summed E-state index contributed by atoms with van der Waals surface area (Å²) >= 11 is 0. The van der Waals surface area contributed by atoms with Crippen LogP contribution in [0.2, 0.25) is 0 Å². The molecule has 1 fully saturated rings. The summed E-state index contributed by atoms with van der Waals surface area (Å²) < 4.78 is 10.9. The van der Waals surface area contributed by atoms with Gasteiger partial charge in [0.25, 0.3) is 0 Å². The van der Waals surface area contributed by atoms with Crippen molar-refractivity contribution in [2.75, 3.05) is 47.0 Å². The van der Waals surface area contributed by atoms with Gasteiger partial charge in [-0.3, -0.25) is 9.89 Å². The molecule has 6 nitrogen and oxygen atoms in total. The Bertz CT molecular complexity index is 795. The number of nitrogens with zero attached hydrogens (tertiary/aromatic N) is 2. The summed E-state index contributed by atoms with van der Waals surface area (Å²) in [5, 5.41) is 7.09. The quantitative estimate of drug-likeness (QED) is 0.281. The average Bonchev–Trinajstić information content (AvgIpc) is 2.84. The zero-order chi connectivity index (χ0) is 21.9. The second kappa shape index (κ2) is 14.3. The van der Waals surface area contributed by atoms with E-state index in [0.717, 1.165) is 57.4 Å². The lowest BCUT2D eigenvalue weighted by atomic mass is 10.0. The fourth-order valence-electron chi connectivity index (χ4n) is 3.89. The monoisotopic (exact) mass is 552 g/mol. The van der Waals surface area contributed by atoms with Crippen LogP contribution in [0.25, 0.3) is 0 Å². The van der Waals surface area contributed by atoms with Crippen LogP contribution in [0.5, 0.6) is 5.75 Å². The van der Waals surface area contributed by atoms with Crippen molar-refractivity contribution in [1.82, 2.24) is 15.5 Å². The first-order valence-electron chi connectivity index (χ1n) is 11.2. The van der Waals surface area contributed by atoms with Crippen LogP contribution in [0.3, 0.4) is 0 Å². The zero-order valence-electron chi connectivity index (χ0n) is 19.4. The summed E-state index contributed by atoms with van der Waals surface area (Å²) in [6, 6.07) is 19.6. The number of methoxy groups -OCH3 is 1. The highest BCUT2D eigenvalue weighted by atomic mass is 127. The minimum atomic E-state index is 0. The second-order valence-corrected chi connectivity index (χ2v) is 7.96. The number of aliphatic imine (C=N–C) groups is 1. The fraction of sp³-hybridized carbons (Fsp3) is 0.480. The van der Waals surface area contributed by atoms with Gasteiger partial charge in [-0.05, 0) is 43.0 Å². The predicted molar refractivity (Wildman–Crippen MR) is 142 cm³/mol. The summed E-state index contributed by atoms with van der Waals surface area (Å²) in [6.45, 7) is 6.39. The van der Waals surface area contributed by atoms with Gasteiger partial charge in [0.1, 0.15) is 5.75 Å². The SMILES string of the molecule is CN=C(NCC(c1ccc(OC)cc1)N1CCOCC1)NC(C)CCc1ccccc1.I. The Kier molecular flexibility index (Phi) is 11.8. The topological polar surface area (TPSA) is 58.1 Å². The number of guanidine groups is 1. The van der Waals surface area contributed by atoms with Crippen LogP contribution in [0, 0.1) is 0 Å². The van der Waals surface area contributed by atoms with Crippen LogP contribution in [0.4, 0.5) is 0 Å². The molecule has 0 bridgehead atoms. The van der Waals surface area contributed by atoms with Gasteiger partial charge in [0, 0.05) is 32.7 Å². The smallest absolute Gasteiger partial charge is 0.191 e. The normalized spacial score (nSPS) is 16.5. The number of nitrogens with one attached hydrogen (secondary N) is 2. The molecule has 2 unspecified atom stereocenters. The summed E-state index contributed by atoms with van der Waals surface area (Å²) in [6.07, 6.45) is 2.10. The minimum absolute atomic E-state index is 0. The van der Waals surface area contributed by atoms with Crippen molar-refractivity contribution in [1.29, 1.82) is 0 Å². The molecule has 1 aliphatic heterocycles. The van der Waals surface area contributed by atoms with Crippen molar-refractivity contribution in [3.8, 4) is 5.75 Å². The molecule has 0 aliphatic carbocycles. The number of aryl methyl sites for hydroxylation is 1. The van der Waals surface area contributed by atoms with E-state index in [0.29, 0.717) is 6.04 Å². The van der Waals surface area contributed by atoms with E-state index in [4.69, 9.17) is 9.47 Å². The largest absolute Gasteiger partial charge is 0.497 e. The first-order valence-corrected chi connectivity index (χ1v) is 11.2. The molecule has 0 saturated carbocycles. The highest BCUT2D eigenvalue weighted by Crippen LogP contribution is 2.23. The molecule has 1 aliphatic rings. The number of ether oxygens (including phenoxy) is 2. The number of morpholine rings is 1. The maximum atomic E-state index is 5.57. The first-order chi connectivity index (χ1) is 15.2. The Balaban J connectivity index is 0.00000363. The number of halogens is 1. The summed E-state index contributed by atoms with van der Waals surface area (Å²) in [5.41, 5.74) is 2.63. The average molecular weight is 553 g/mol. The zero-order valence-corrected chi connectivity index (χ0v) is 21.8. The third-order valence-corrected chi connectivity index (χ3v) is 5.77. The van der Waals surface area contributed by atoms with Crippen LogP contribution in [-0.2, 0) is 11.2 Å². The molecule has 7 heteroatoms. The number of hydrogen-bond acceptors (Lipinski definition) is 4. The molecule has 0 radical (unpaired) electrons. The molecular formula is C25H37IN4O2. The molecule has 0 aromatic heterocycles. The van der Waals surface area contributed by atoms with Gasteiger partial charge in [0.15, 0.2) is 5.96 Å². The van der Waals surface area contributed by atoms with E-state index in [2.05, 4.69) is 69.9 Å². The van der Waals surface area contributed by atoms with Crippen LogP contribution in [-0.4, -0.2) is 63.9 Å². The molecule has 3 rings (SSSR count). The maximum absolute atomic E-state index is 5.57. The van der Waals surface area contributed by atoms with Crippen molar-refractivity contribution in [3.05, 3.63) is 65.7 Å². The predicted octanol–water partition coefficient (Wildman–Crippen LogP) is 3.87. The van der Waals surface area contributed by atoms with E-state index in [1.165, 1.54) is 11.1 Å². The minimum Gasteiger partial charge on any atom is -0.497 e. The van der Waals surface area contributed by atoms with Crippen LogP contribution < -0.4 is 15.4 Å². The van der Waals surface area contributed by atoms with E-state index in [1.54, 1.807) is 7.11 Å². The van der Waals surface area contributed by atoms with Crippen LogP contribution in [0.1, 0.15) is 30.5 Å². The highest BCUT2D eigenvalue weighted by molar-refractivity contribution is 14.0. The Morgan fingerprint density at radius 1 is 1.09 bits per heavy atom. The van der Waals surface area contributed by atoms with E-state index in [1.807, 2.05) is 19.2 Å². The summed E-state index contributed by atoms with van der Waals surface area (Å²) in [4.78, 5) is 6.93. The van der Waals surface area contributed by atoms with Gasteiger partial charge in [0.2, 0.25) is 0 Å². The van der Waals surface area contributed by atoms with Crippen molar-refractivity contribution >= 4 is 29.9 Å². The summed E-state index contributed by atoms with van der Waals surface area (Å²) in [5.74, 6) is 1.72. The lowest BCUT2D eigenvalue weighted by Crippen LogP contribution is -2.48. The van der Waals surface area contributed by atoms with Crippen molar-refractivity contribution in [2.45, 2.75) is 31.8 Å². The van der Waals surface area contributed by atoms with E-state index < -0.39 is 0 Å². The third-order valence-electron chi connectivity index (χ3n) is 5.77. The van der Waals surface area contributed by atoms with Gasteiger partial charge in [-0.1, -0.05) is 42.5 Å². The molecule has 2 N–H and O–H groups in total. The molecule has 1 saturated heterocycles. The molecule has 0 amide bonds. The van der Waals surface area contributed by atoms with Crippen LogP contribution >= 0.6 is 24.0 Å². The highest BCUT2D eigenvalue weighted by Gasteiger charge is 2.23. The Morgan fingerprint density at radius 2 is 1.78 bits per heavy atom. The van der Waals surface area contributed by atoms with Gasteiger partial charge in [-0.25, -0.2) is 0 Å². The fourth-order valence-corrected chi connectivity index (χ4v) is 3.89. The van der Waals surface area contributed by atoms with E-state index >= 15 is 0 Å². The summed E-state index contributed by atoms with van der Waals surface area (Å²) in [7, 11) is 3.53. The number of rotatable bonds is 9. The molecule has 32 heavy (non-hydrogen) atoms. The lowest BCUT2D eigenvalue weighted by molar-refractivity contribution is 0.0170. The Hall–Kier alpha value is -1.84. The molecule has 2 aromatic carbocycles. The number of benzene rings is 2. The van der Waals surface area contributed by atoms with Gasteiger partial charge >= 0.3 is 0 Å². The Morgan fingerprint density at radius 3 is 2.41 bits per heavy atom. The van der Waals surface area contributed by atoms with Gasteiger partial charge < -0.3 is 20.1 Å². The lowest BCUT2D eigenvalue weighted by Gasteiger charge is -2.35. The molecule has 1 heterocycles. The van der Waals surface area contributed by atoms with Gasteiger partial charge in [0.05, 0.1) is 26.4 Å². The molecular weight excluding hydrogens is 515 g/mol. The van der Waals surface area contributed by atoms with Crippen molar-refractivity contribution in [2.24, 2.45) is 4.99 Å². The molecule has 2 atom stereocenters. The van der Waals surface area contributed by atoms with Crippen molar-refractivity contribution < 1.29 is 9.47 Å². The first kappa shape index (κ1) is 26.4. The third kappa shape index (κ3) is 8.26. The van der Waals surface area contributed by atoms with Crippen LogP contribution in [0.15, 0.2) is 59.6 Å². The second-order valence-electron chi connectivity index (χ2n) is 7.96. The van der Waals surface area contributed by atoms with E-state index in [9.17, 15) is 0 Å². The van der Waals surface area contributed by atoms with Gasteiger partial charge in [-0.15, -0.1) is 24.0 Å². The van der Waals surface area contributed by atoms with Crippen molar-refractivity contribution in [3.63, 3.8) is 0 Å². The molecule has 2 aromatic rings. The van der Waals surface area contributed by atoms with Gasteiger partial charge in [-0.2, -0.15) is 0 Å². The van der Waals surface area contributed by atoms with E-state index in [-0.39, 0.29) is 30.0 Å². The standard InChI is InChI=1S/C25H36N4O2.HI/c1-20(9-10-21-7-5-4-6-8-21)28-25(26-2)27-19-24(29-15-17-31-18-16-29)22-11-13-23(30-3)14-12-22;/h4-8,11-14,20,24H,9-10,15-19H2,1-3H3,(H2,26,27,28);1H. The maximum Gasteiger partial charge on any atom is 0.191 e. The molecule has 0 spiro atoms. The number of hydrogen-bond donors (Lipinski definition) is 2. The Labute approximate surface area is 209 Å². The molecule has 176 valence electrons.